The van der Waals surface area contributed by atoms with Crippen LogP contribution in [0.3, 0.4) is 0 Å². The number of unbranched alkanes of at least 4 members (excludes halogenated alkanes) is 1. The summed E-state index contributed by atoms with van der Waals surface area (Å²) in [5.74, 6) is -0.962. The molecule has 0 amide bonds. The highest BCUT2D eigenvalue weighted by molar-refractivity contribution is 5.89. The Kier molecular flexibility index (Phi) is 8.09. The van der Waals surface area contributed by atoms with Gasteiger partial charge in [-0.3, -0.25) is 0 Å². The minimum absolute atomic E-state index is 0.245. The Bertz CT molecular complexity index is 460. The predicted octanol–water partition coefficient (Wildman–Crippen LogP) is 3.99. The van der Waals surface area contributed by atoms with E-state index in [9.17, 15) is 9.90 Å². The maximum absolute atomic E-state index is 11.2. The van der Waals surface area contributed by atoms with Gasteiger partial charge in [0.15, 0.2) is 12.6 Å². The van der Waals surface area contributed by atoms with Crippen molar-refractivity contribution in [2.45, 2.75) is 59.2 Å². The first kappa shape index (κ1) is 18.6. The van der Waals surface area contributed by atoms with Crippen LogP contribution in [-0.4, -0.2) is 30.3 Å². The Balaban J connectivity index is 2.54. The van der Waals surface area contributed by atoms with Crippen LogP contribution >= 0.6 is 0 Å². The van der Waals surface area contributed by atoms with Crippen LogP contribution in [-0.2, 0) is 14.2 Å². The first-order valence-corrected chi connectivity index (χ1v) is 7.70. The van der Waals surface area contributed by atoms with Crippen molar-refractivity contribution in [3.63, 3.8) is 0 Å². The van der Waals surface area contributed by atoms with Gasteiger partial charge in [0.25, 0.3) is 0 Å². The number of ether oxygens (including phenoxy) is 3. The molecule has 3 atom stereocenters. The number of hydrogen-bond donors (Lipinski definition) is 1. The lowest BCUT2D eigenvalue weighted by atomic mass is 10.0. The second-order valence-corrected chi connectivity index (χ2v) is 5.17. The molecule has 0 spiro atoms. The van der Waals surface area contributed by atoms with Crippen molar-refractivity contribution in [1.29, 1.82) is 0 Å². The molecule has 0 bridgehead atoms. The third kappa shape index (κ3) is 6.13. The van der Waals surface area contributed by atoms with Gasteiger partial charge in [-0.05, 0) is 38.8 Å². The van der Waals surface area contributed by atoms with Crippen LogP contribution in [0.2, 0.25) is 0 Å². The minimum Gasteiger partial charge on any atom is -0.478 e. The molecule has 0 radical (unpaired) electrons. The van der Waals surface area contributed by atoms with Crippen LogP contribution in [0.15, 0.2) is 24.3 Å². The molecule has 22 heavy (non-hydrogen) atoms. The highest BCUT2D eigenvalue weighted by Crippen LogP contribution is 2.23. The van der Waals surface area contributed by atoms with Crippen LogP contribution in [0.25, 0.3) is 0 Å². The molecule has 5 nitrogen and oxygen atoms in total. The molecule has 124 valence electrons. The number of rotatable bonds is 10. The molecule has 0 saturated carbocycles. The molecule has 1 N–H and O–H groups in total. The second kappa shape index (κ2) is 9.56. The van der Waals surface area contributed by atoms with Gasteiger partial charge in [0.1, 0.15) is 0 Å². The van der Waals surface area contributed by atoms with Gasteiger partial charge in [-0.15, -0.1) is 0 Å². The van der Waals surface area contributed by atoms with E-state index in [2.05, 4.69) is 6.92 Å². The Morgan fingerprint density at radius 2 is 1.82 bits per heavy atom. The average Bonchev–Trinajstić information content (AvgIpc) is 2.47. The summed E-state index contributed by atoms with van der Waals surface area (Å²) in [7, 11) is 0. The van der Waals surface area contributed by atoms with Crippen molar-refractivity contribution in [3.05, 3.63) is 35.4 Å². The maximum Gasteiger partial charge on any atom is 0.336 e. The average molecular weight is 310 g/mol. The van der Waals surface area contributed by atoms with Crippen LogP contribution in [0.1, 0.15) is 62.6 Å². The summed E-state index contributed by atoms with van der Waals surface area (Å²) in [6.07, 6.45) is 0.828. The molecule has 0 aliphatic rings. The van der Waals surface area contributed by atoms with Crippen LogP contribution < -0.4 is 0 Å². The van der Waals surface area contributed by atoms with Crippen molar-refractivity contribution in [2.75, 3.05) is 6.61 Å². The lowest BCUT2D eigenvalue weighted by Gasteiger charge is -2.24. The Hall–Kier alpha value is -1.43. The number of carboxylic acids is 1. The van der Waals surface area contributed by atoms with E-state index in [4.69, 9.17) is 14.2 Å². The van der Waals surface area contributed by atoms with Crippen LogP contribution in [0, 0.1) is 0 Å². The molecule has 0 saturated heterocycles. The lowest BCUT2D eigenvalue weighted by Crippen LogP contribution is -2.24. The van der Waals surface area contributed by atoms with E-state index < -0.39 is 12.3 Å². The van der Waals surface area contributed by atoms with E-state index in [0.717, 1.165) is 12.8 Å². The lowest BCUT2D eigenvalue weighted by molar-refractivity contribution is -0.244. The molecule has 0 aliphatic heterocycles. The third-order valence-electron chi connectivity index (χ3n) is 3.26. The number of carboxylic acid groups (broad SMARTS) is 1. The first-order chi connectivity index (χ1) is 10.5. The van der Waals surface area contributed by atoms with Crippen molar-refractivity contribution in [1.82, 2.24) is 0 Å². The quantitative estimate of drug-likeness (QED) is 0.523. The summed E-state index contributed by atoms with van der Waals surface area (Å²) >= 11 is 0. The van der Waals surface area contributed by atoms with E-state index in [-0.39, 0.29) is 18.0 Å². The standard InChI is InChI=1S/C17H26O5/c1-5-6-11-20-13(3)22-14(4)21-12(2)15-9-7-8-10-16(15)17(18)19/h7-10,12-14H,5-6,11H2,1-4H3,(H,18,19). The number of hydrogen-bond acceptors (Lipinski definition) is 4. The van der Waals surface area contributed by atoms with Gasteiger partial charge < -0.3 is 19.3 Å². The third-order valence-corrected chi connectivity index (χ3v) is 3.26. The van der Waals surface area contributed by atoms with Crippen molar-refractivity contribution < 1.29 is 24.1 Å². The zero-order valence-corrected chi connectivity index (χ0v) is 13.7. The largest absolute Gasteiger partial charge is 0.478 e. The molecule has 1 aromatic carbocycles. The monoisotopic (exact) mass is 310 g/mol. The number of benzene rings is 1. The van der Waals surface area contributed by atoms with E-state index in [1.165, 1.54) is 0 Å². The zero-order valence-electron chi connectivity index (χ0n) is 13.7. The molecule has 1 aromatic rings. The number of carbonyl (C=O) groups is 1. The van der Waals surface area contributed by atoms with Gasteiger partial charge in [0.05, 0.1) is 11.7 Å². The van der Waals surface area contributed by atoms with Crippen molar-refractivity contribution >= 4 is 5.97 Å². The molecule has 0 fully saturated rings. The predicted molar refractivity (Wildman–Crippen MR) is 83.8 cm³/mol. The van der Waals surface area contributed by atoms with Gasteiger partial charge in [0, 0.05) is 6.61 Å². The highest BCUT2D eigenvalue weighted by atomic mass is 16.8. The summed E-state index contributed by atoms with van der Waals surface area (Å²) in [4.78, 5) is 11.2. The van der Waals surface area contributed by atoms with Gasteiger partial charge >= 0.3 is 5.97 Å². The molecule has 5 heteroatoms. The zero-order chi connectivity index (χ0) is 16.5. The van der Waals surface area contributed by atoms with Gasteiger partial charge in [-0.25, -0.2) is 4.79 Å². The Morgan fingerprint density at radius 1 is 1.14 bits per heavy atom. The summed E-state index contributed by atoms with van der Waals surface area (Å²) in [6, 6.07) is 6.81. The summed E-state index contributed by atoms with van der Waals surface area (Å²) in [5.41, 5.74) is 0.874. The molecular weight excluding hydrogens is 284 g/mol. The van der Waals surface area contributed by atoms with Crippen LogP contribution in [0.4, 0.5) is 0 Å². The van der Waals surface area contributed by atoms with Crippen molar-refractivity contribution in [2.24, 2.45) is 0 Å². The fourth-order valence-corrected chi connectivity index (χ4v) is 2.14. The molecular formula is C17H26O5. The van der Waals surface area contributed by atoms with E-state index in [1.54, 1.807) is 31.2 Å². The molecule has 0 aliphatic carbocycles. The Labute approximate surface area is 132 Å². The fraction of sp³-hybridized carbons (Fsp3) is 0.588. The first-order valence-electron chi connectivity index (χ1n) is 7.70. The fourth-order valence-electron chi connectivity index (χ4n) is 2.14. The van der Waals surface area contributed by atoms with E-state index in [1.807, 2.05) is 13.8 Å². The van der Waals surface area contributed by atoms with Gasteiger partial charge in [-0.2, -0.15) is 0 Å². The normalized spacial score (nSPS) is 15.3. The molecule has 3 unspecified atom stereocenters. The van der Waals surface area contributed by atoms with E-state index in [0.29, 0.717) is 12.2 Å². The molecule has 0 heterocycles. The summed E-state index contributed by atoms with van der Waals surface area (Å²) in [6.45, 7) is 8.17. The SMILES string of the molecule is CCCCOC(C)OC(C)OC(C)c1ccccc1C(=O)O. The van der Waals surface area contributed by atoms with Crippen LogP contribution in [0.5, 0.6) is 0 Å². The second-order valence-electron chi connectivity index (χ2n) is 5.17. The molecule has 1 rings (SSSR count). The summed E-state index contributed by atoms with van der Waals surface area (Å²) < 4.78 is 16.8. The summed E-state index contributed by atoms with van der Waals surface area (Å²) in [5, 5.41) is 9.21. The van der Waals surface area contributed by atoms with E-state index >= 15 is 0 Å². The topological polar surface area (TPSA) is 65.0 Å². The Morgan fingerprint density at radius 3 is 2.45 bits per heavy atom. The minimum atomic E-state index is -0.962. The van der Waals surface area contributed by atoms with Gasteiger partial charge in [0.2, 0.25) is 0 Å². The highest BCUT2D eigenvalue weighted by Gasteiger charge is 2.19. The molecule has 0 aromatic heterocycles. The number of aromatic carboxylic acids is 1. The smallest absolute Gasteiger partial charge is 0.336 e. The van der Waals surface area contributed by atoms with Crippen molar-refractivity contribution in [3.8, 4) is 0 Å². The van der Waals surface area contributed by atoms with Gasteiger partial charge in [-0.1, -0.05) is 31.5 Å². The maximum atomic E-state index is 11.2.